The van der Waals surface area contributed by atoms with Crippen LogP contribution < -0.4 is 0 Å². The molecule has 0 aromatic carbocycles. The molecule has 0 radical (unpaired) electrons. The van der Waals surface area contributed by atoms with Gasteiger partial charge in [0, 0.05) is 0 Å². The van der Waals surface area contributed by atoms with Crippen LogP contribution in [-0.2, 0) is 0 Å². The molecule has 0 saturated carbocycles. The fraction of sp³-hybridized carbons (Fsp3) is 0.789. The van der Waals surface area contributed by atoms with E-state index in [0.29, 0.717) is 5.92 Å². The number of rotatable bonds is 11. The standard InChI is InChI=1S/C19H36/c1-8-17(6)18(7)14-19(16(4)5)13-11-9-10-12-15(2)3/h16-17,19H,2,7-14H2,1,3-6H3. The molecular formula is C19H36. The predicted octanol–water partition coefficient (Wildman–Crippen LogP) is 6.78. The Balaban J connectivity index is 3.99. The molecule has 0 amide bonds. The van der Waals surface area contributed by atoms with Crippen LogP contribution in [0.1, 0.15) is 79.6 Å². The summed E-state index contributed by atoms with van der Waals surface area (Å²) in [6, 6.07) is 0. The number of allylic oxidation sites excluding steroid dienone is 2. The Morgan fingerprint density at radius 2 is 1.63 bits per heavy atom. The van der Waals surface area contributed by atoms with Crippen molar-refractivity contribution >= 4 is 0 Å². The molecule has 0 heterocycles. The van der Waals surface area contributed by atoms with Gasteiger partial charge in [-0.2, -0.15) is 0 Å². The van der Waals surface area contributed by atoms with E-state index in [4.69, 9.17) is 0 Å². The van der Waals surface area contributed by atoms with Crippen molar-refractivity contribution in [2.45, 2.75) is 79.6 Å². The third-order valence-electron chi connectivity index (χ3n) is 4.45. The summed E-state index contributed by atoms with van der Waals surface area (Å²) in [5.41, 5.74) is 2.79. The van der Waals surface area contributed by atoms with Gasteiger partial charge in [-0.25, -0.2) is 0 Å². The second-order valence-electron chi connectivity index (χ2n) is 6.73. The molecule has 0 bridgehead atoms. The predicted molar refractivity (Wildman–Crippen MR) is 89.4 cm³/mol. The van der Waals surface area contributed by atoms with Crippen LogP contribution in [0.3, 0.4) is 0 Å². The van der Waals surface area contributed by atoms with Gasteiger partial charge in [-0.3, -0.25) is 0 Å². The first kappa shape index (κ1) is 18.5. The molecule has 0 spiro atoms. The highest BCUT2D eigenvalue weighted by atomic mass is 14.2. The van der Waals surface area contributed by atoms with Gasteiger partial charge >= 0.3 is 0 Å². The van der Waals surface area contributed by atoms with Crippen molar-refractivity contribution in [1.29, 1.82) is 0 Å². The molecule has 0 N–H and O–H groups in total. The van der Waals surface area contributed by atoms with Gasteiger partial charge in [0.25, 0.3) is 0 Å². The zero-order valence-corrected chi connectivity index (χ0v) is 14.1. The first-order chi connectivity index (χ1) is 8.88. The Morgan fingerprint density at radius 3 is 2.11 bits per heavy atom. The largest absolute Gasteiger partial charge is 0.100 e. The zero-order valence-electron chi connectivity index (χ0n) is 14.1. The summed E-state index contributed by atoms with van der Waals surface area (Å²) in [4.78, 5) is 0. The van der Waals surface area contributed by atoms with E-state index in [9.17, 15) is 0 Å². The topological polar surface area (TPSA) is 0 Å². The fourth-order valence-electron chi connectivity index (χ4n) is 2.51. The lowest BCUT2D eigenvalue weighted by molar-refractivity contribution is 0.334. The van der Waals surface area contributed by atoms with Crippen molar-refractivity contribution in [3.8, 4) is 0 Å². The second-order valence-corrected chi connectivity index (χ2v) is 6.73. The Labute approximate surface area is 122 Å². The van der Waals surface area contributed by atoms with E-state index in [-0.39, 0.29) is 0 Å². The molecule has 0 aromatic rings. The lowest BCUT2D eigenvalue weighted by atomic mass is 9.82. The van der Waals surface area contributed by atoms with Gasteiger partial charge < -0.3 is 0 Å². The van der Waals surface area contributed by atoms with Gasteiger partial charge in [0.1, 0.15) is 0 Å². The van der Waals surface area contributed by atoms with Crippen LogP contribution >= 0.6 is 0 Å². The van der Waals surface area contributed by atoms with Crippen LogP contribution in [0.15, 0.2) is 24.3 Å². The number of unbranched alkanes of at least 4 members (excludes halogenated alkanes) is 2. The van der Waals surface area contributed by atoms with Crippen LogP contribution in [0, 0.1) is 17.8 Å². The highest BCUT2D eigenvalue weighted by Gasteiger charge is 2.16. The minimum atomic E-state index is 0.685. The van der Waals surface area contributed by atoms with E-state index in [1.54, 1.807) is 0 Å². The molecule has 0 nitrogen and oxygen atoms in total. The molecule has 0 heteroatoms. The van der Waals surface area contributed by atoms with Gasteiger partial charge in [0.05, 0.1) is 0 Å². The van der Waals surface area contributed by atoms with E-state index in [1.807, 2.05) is 0 Å². The van der Waals surface area contributed by atoms with Gasteiger partial charge in [0.2, 0.25) is 0 Å². The minimum absolute atomic E-state index is 0.685. The Hall–Kier alpha value is -0.520. The Morgan fingerprint density at radius 1 is 1.00 bits per heavy atom. The van der Waals surface area contributed by atoms with Crippen molar-refractivity contribution < 1.29 is 0 Å². The molecular weight excluding hydrogens is 228 g/mol. The molecule has 0 aliphatic rings. The van der Waals surface area contributed by atoms with E-state index in [1.165, 1.54) is 56.1 Å². The van der Waals surface area contributed by atoms with Crippen molar-refractivity contribution in [3.63, 3.8) is 0 Å². The number of hydrogen-bond acceptors (Lipinski definition) is 0. The molecule has 2 unspecified atom stereocenters. The maximum atomic E-state index is 4.30. The SMILES string of the molecule is C=C(C)CCCCCC(CC(=C)C(C)CC)C(C)C. The molecule has 0 rings (SSSR count). The quantitative estimate of drug-likeness (QED) is 0.285. The van der Waals surface area contributed by atoms with Gasteiger partial charge in [-0.05, 0) is 56.8 Å². The molecule has 2 atom stereocenters. The first-order valence-corrected chi connectivity index (χ1v) is 8.20. The highest BCUT2D eigenvalue weighted by Crippen LogP contribution is 2.29. The minimum Gasteiger partial charge on any atom is -0.100 e. The summed E-state index contributed by atoms with van der Waals surface area (Å²) in [5.74, 6) is 2.29. The third-order valence-corrected chi connectivity index (χ3v) is 4.45. The molecule has 0 saturated heterocycles. The smallest absolute Gasteiger partial charge is 0.0237 e. The summed E-state index contributed by atoms with van der Waals surface area (Å²) in [5, 5.41) is 0. The fourth-order valence-corrected chi connectivity index (χ4v) is 2.51. The van der Waals surface area contributed by atoms with Crippen LogP contribution in [0.5, 0.6) is 0 Å². The van der Waals surface area contributed by atoms with E-state index in [0.717, 1.165) is 11.8 Å². The molecule has 19 heavy (non-hydrogen) atoms. The highest BCUT2D eigenvalue weighted by molar-refractivity contribution is 5.00. The summed E-state index contributed by atoms with van der Waals surface area (Å²) in [6.07, 6.45) is 9.05. The molecule has 0 aliphatic heterocycles. The normalized spacial score (nSPS) is 14.4. The van der Waals surface area contributed by atoms with E-state index >= 15 is 0 Å². The molecule has 0 aromatic heterocycles. The molecule has 0 aliphatic carbocycles. The lowest BCUT2D eigenvalue weighted by Crippen LogP contribution is -2.12. The Kier molecular flexibility index (Phi) is 10.0. The van der Waals surface area contributed by atoms with Crippen molar-refractivity contribution in [2.75, 3.05) is 0 Å². The van der Waals surface area contributed by atoms with Gasteiger partial charge in [0.15, 0.2) is 0 Å². The van der Waals surface area contributed by atoms with Crippen molar-refractivity contribution in [2.24, 2.45) is 17.8 Å². The van der Waals surface area contributed by atoms with Gasteiger partial charge in [-0.15, -0.1) is 6.58 Å². The number of hydrogen-bond donors (Lipinski definition) is 0. The van der Waals surface area contributed by atoms with Gasteiger partial charge in [-0.1, -0.05) is 58.3 Å². The van der Waals surface area contributed by atoms with E-state index in [2.05, 4.69) is 47.8 Å². The summed E-state index contributed by atoms with van der Waals surface area (Å²) in [7, 11) is 0. The second kappa shape index (κ2) is 10.3. The van der Waals surface area contributed by atoms with Crippen molar-refractivity contribution in [1.82, 2.24) is 0 Å². The van der Waals surface area contributed by atoms with E-state index < -0.39 is 0 Å². The van der Waals surface area contributed by atoms with Crippen LogP contribution in [-0.4, -0.2) is 0 Å². The van der Waals surface area contributed by atoms with Crippen LogP contribution in [0.4, 0.5) is 0 Å². The maximum Gasteiger partial charge on any atom is -0.0237 e. The van der Waals surface area contributed by atoms with Crippen LogP contribution in [0.2, 0.25) is 0 Å². The summed E-state index contributed by atoms with van der Waals surface area (Å²) >= 11 is 0. The molecule has 0 fully saturated rings. The summed E-state index contributed by atoms with van der Waals surface area (Å²) < 4.78 is 0. The average molecular weight is 264 g/mol. The summed E-state index contributed by atoms with van der Waals surface area (Å²) in [6.45, 7) is 19.7. The van der Waals surface area contributed by atoms with Crippen molar-refractivity contribution in [3.05, 3.63) is 24.3 Å². The monoisotopic (exact) mass is 264 g/mol. The maximum absolute atomic E-state index is 4.30. The van der Waals surface area contributed by atoms with Crippen LogP contribution in [0.25, 0.3) is 0 Å². The Bertz CT molecular complexity index is 259. The third kappa shape index (κ3) is 9.08. The molecule has 112 valence electrons. The lowest BCUT2D eigenvalue weighted by Gasteiger charge is -2.24. The first-order valence-electron chi connectivity index (χ1n) is 8.20. The zero-order chi connectivity index (χ0) is 14.8. The average Bonchev–Trinajstić information content (AvgIpc) is 2.34.